The van der Waals surface area contributed by atoms with Crippen molar-refractivity contribution >= 4 is 34.3 Å². The van der Waals surface area contributed by atoms with E-state index >= 15 is 0 Å². The summed E-state index contributed by atoms with van der Waals surface area (Å²) in [6.45, 7) is 1.62. The number of halogens is 1. The first-order chi connectivity index (χ1) is 15.1. The molecule has 0 saturated carbocycles. The number of likely N-dealkylation sites (tertiary alicyclic amines) is 1. The average molecular weight is 440 g/mol. The second-order valence-electron chi connectivity index (χ2n) is 7.90. The summed E-state index contributed by atoms with van der Waals surface area (Å²) in [7, 11) is 0. The molecule has 2 aliphatic heterocycles. The van der Waals surface area contributed by atoms with Gasteiger partial charge in [0.2, 0.25) is 18.6 Å². The van der Waals surface area contributed by atoms with Gasteiger partial charge in [-0.05, 0) is 47.9 Å². The fourth-order valence-electron chi connectivity index (χ4n) is 4.16. The Hall–Kier alpha value is -3.19. The summed E-state index contributed by atoms with van der Waals surface area (Å²) in [5.41, 5.74) is 3.06. The summed E-state index contributed by atoms with van der Waals surface area (Å²) in [5, 5.41) is 4.69. The van der Waals surface area contributed by atoms with Gasteiger partial charge in [0.05, 0.1) is 5.92 Å². The van der Waals surface area contributed by atoms with E-state index in [-0.39, 0.29) is 30.9 Å². The quantitative estimate of drug-likeness (QED) is 0.617. The van der Waals surface area contributed by atoms with Gasteiger partial charge in [-0.1, -0.05) is 17.7 Å². The molecule has 0 aliphatic carbocycles. The van der Waals surface area contributed by atoms with E-state index in [9.17, 15) is 9.59 Å². The molecule has 5 rings (SSSR count). The summed E-state index contributed by atoms with van der Waals surface area (Å²) in [4.78, 5) is 30.1. The van der Waals surface area contributed by atoms with E-state index < -0.39 is 0 Å². The van der Waals surface area contributed by atoms with Gasteiger partial charge in [-0.3, -0.25) is 9.59 Å². The first kappa shape index (κ1) is 19.8. The van der Waals surface area contributed by atoms with Crippen molar-refractivity contribution in [2.45, 2.75) is 19.4 Å². The molecular weight excluding hydrogens is 418 g/mol. The number of carbonyl (C=O) groups excluding carboxylic acids is 2. The van der Waals surface area contributed by atoms with E-state index in [1.54, 1.807) is 4.90 Å². The molecule has 0 bridgehead atoms. The molecule has 1 fully saturated rings. The minimum Gasteiger partial charge on any atom is -0.454 e. The van der Waals surface area contributed by atoms with Gasteiger partial charge in [0.1, 0.15) is 0 Å². The van der Waals surface area contributed by atoms with Gasteiger partial charge >= 0.3 is 0 Å². The highest BCUT2D eigenvalue weighted by Gasteiger charge is 2.34. The van der Waals surface area contributed by atoms with Crippen LogP contribution in [-0.4, -0.2) is 41.6 Å². The highest BCUT2D eigenvalue weighted by molar-refractivity contribution is 6.31. The lowest BCUT2D eigenvalue weighted by Crippen LogP contribution is -2.33. The third-order valence-corrected chi connectivity index (χ3v) is 6.10. The Balaban J connectivity index is 1.16. The van der Waals surface area contributed by atoms with Crippen LogP contribution in [0.1, 0.15) is 17.5 Å². The topological polar surface area (TPSA) is 83.7 Å². The SMILES string of the molecule is O=C(NCc1ccc2c(c1)OCO2)C1CC(=O)N(CCc2c[nH]c3ccc(Cl)cc23)C1. The van der Waals surface area contributed by atoms with Crippen molar-refractivity contribution in [2.24, 2.45) is 5.92 Å². The Labute approximate surface area is 184 Å². The lowest BCUT2D eigenvalue weighted by Gasteiger charge is -2.16. The molecule has 2 N–H and O–H groups in total. The van der Waals surface area contributed by atoms with E-state index in [0.717, 1.165) is 22.0 Å². The Morgan fingerprint density at radius 1 is 1.19 bits per heavy atom. The molecule has 2 amide bonds. The number of ether oxygens (including phenoxy) is 2. The van der Waals surface area contributed by atoms with Crippen LogP contribution in [0, 0.1) is 5.92 Å². The third kappa shape index (κ3) is 4.05. The number of carbonyl (C=O) groups is 2. The number of H-pyrrole nitrogens is 1. The highest BCUT2D eigenvalue weighted by Crippen LogP contribution is 2.32. The van der Waals surface area contributed by atoms with E-state index in [1.165, 1.54) is 0 Å². The Morgan fingerprint density at radius 2 is 2.06 bits per heavy atom. The van der Waals surface area contributed by atoms with Gasteiger partial charge in [-0.2, -0.15) is 0 Å². The Morgan fingerprint density at radius 3 is 2.97 bits per heavy atom. The number of amides is 2. The smallest absolute Gasteiger partial charge is 0.231 e. The third-order valence-electron chi connectivity index (χ3n) is 5.87. The van der Waals surface area contributed by atoms with Crippen LogP contribution in [0.3, 0.4) is 0 Å². The van der Waals surface area contributed by atoms with Crippen molar-refractivity contribution in [1.82, 2.24) is 15.2 Å². The van der Waals surface area contributed by atoms with Crippen LogP contribution in [0.25, 0.3) is 10.9 Å². The average Bonchev–Trinajstić information content (AvgIpc) is 3.48. The summed E-state index contributed by atoms with van der Waals surface area (Å²) < 4.78 is 10.7. The molecule has 1 atom stereocenters. The fourth-order valence-corrected chi connectivity index (χ4v) is 4.33. The zero-order valence-corrected chi connectivity index (χ0v) is 17.6. The number of hydrogen-bond donors (Lipinski definition) is 2. The summed E-state index contributed by atoms with van der Waals surface area (Å²) in [6, 6.07) is 11.3. The molecular formula is C23H22ClN3O4. The number of hydrogen-bond acceptors (Lipinski definition) is 4. The molecule has 1 aromatic heterocycles. The van der Waals surface area contributed by atoms with Crippen LogP contribution in [0.15, 0.2) is 42.6 Å². The number of fused-ring (bicyclic) bond motifs is 2. The number of aromatic amines is 1. The molecule has 1 saturated heterocycles. The van der Waals surface area contributed by atoms with E-state index in [0.29, 0.717) is 42.6 Å². The maximum atomic E-state index is 12.6. The molecule has 160 valence electrons. The van der Waals surface area contributed by atoms with Crippen LogP contribution in [-0.2, 0) is 22.6 Å². The predicted molar refractivity (Wildman–Crippen MR) is 116 cm³/mol. The van der Waals surface area contributed by atoms with Crippen molar-refractivity contribution in [1.29, 1.82) is 0 Å². The van der Waals surface area contributed by atoms with Gasteiger partial charge in [-0.15, -0.1) is 0 Å². The molecule has 8 heteroatoms. The van der Waals surface area contributed by atoms with Crippen LogP contribution in [0.5, 0.6) is 11.5 Å². The van der Waals surface area contributed by atoms with Crippen LogP contribution in [0.4, 0.5) is 0 Å². The zero-order chi connectivity index (χ0) is 21.4. The molecule has 1 unspecified atom stereocenters. The fraction of sp³-hybridized carbons (Fsp3) is 0.304. The number of aromatic nitrogens is 1. The lowest BCUT2D eigenvalue weighted by molar-refractivity contribution is -0.129. The maximum absolute atomic E-state index is 12.6. The summed E-state index contributed by atoms with van der Waals surface area (Å²) in [6.07, 6.45) is 2.90. The lowest BCUT2D eigenvalue weighted by atomic mass is 10.1. The molecule has 31 heavy (non-hydrogen) atoms. The standard InChI is InChI=1S/C23H22ClN3O4/c24-17-2-3-19-18(9-17)15(11-25-19)5-6-27-12-16(8-22(27)28)23(29)26-10-14-1-4-20-21(7-14)31-13-30-20/h1-4,7,9,11,16,25H,5-6,8,10,12-13H2,(H,26,29). The largest absolute Gasteiger partial charge is 0.454 e. The van der Waals surface area contributed by atoms with E-state index in [4.69, 9.17) is 21.1 Å². The number of nitrogens with zero attached hydrogens (tertiary/aromatic N) is 1. The van der Waals surface area contributed by atoms with Gasteiger partial charge in [0.15, 0.2) is 11.5 Å². The van der Waals surface area contributed by atoms with Crippen LogP contribution in [0.2, 0.25) is 5.02 Å². The van der Waals surface area contributed by atoms with Crippen molar-refractivity contribution in [3.05, 3.63) is 58.7 Å². The monoisotopic (exact) mass is 439 g/mol. The second-order valence-corrected chi connectivity index (χ2v) is 8.34. The first-order valence-corrected chi connectivity index (χ1v) is 10.6. The molecule has 7 nitrogen and oxygen atoms in total. The number of nitrogens with one attached hydrogen (secondary N) is 2. The summed E-state index contributed by atoms with van der Waals surface area (Å²) >= 11 is 6.12. The van der Waals surface area contributed by atoms with Crippen molar-refractivity contribution in [3.8, 4) is 11.5 Å². The van der Waals surface area contributed by atoms with Crippen molar-refractivity contribution < 1.29 is 19.1 Å². The second kappa shape index (κ2) is 8.15. The van der Waals surface area contributed by atoms with Gasteiger partial charge in [-0.25, -0.2) is 0 Å². The first-order valence-electron chi connectivity index (χ1n) is 10.3. The van der Waals surface area contributed by atoms with Gasteiger partial charge in [0, 0.05) is 48.2 Å². The Bertz CT molecular complexity index is 1160. The highest BCUT2D eigenvalue weighted by atomic mass is 35.5. The number of rotatable bonds is 6. The minimum absolute atomic E-state index is 0.0149. The molecule has 3 aromatic rings. The molecule has 2 aromatic carbocycles. The molecule has 2 aliphatic rings. The van der Waals surface area contributed by atoms with E-state index in [1.807, 2.05) is 42.6 Å². The maximum Gasteiger partial charge on any atom is 0.231 e. The molecule has 0 radical (unpaired) electrons. The summed E-state index contributed by atoms with van der Waals surface area (Å²) in [5.74, 6) is 0.976. The van der Waals surface area contributed by atoms with Crippen LogP contribution < -0.4 is 14.8 Å². The number of benzene rings is 2. The van der Waals surface area contributed by atoms with Gasteiger partial charge < -0.3 is 24.7 Å². The van der Waals surface area contributed by atoms with Crippen molar-refractivity contribution in [2.75, 3.05) is 19.9 Å². The van der Waals surface area contributed by atoms with Crippen molar-refractivity contribution in [3.63, 3.8) is 0 Å². The Kier molecular flexibility index (Phi) is 5.19. The predicted octanol–water partition coefficient (Wildman–Crippen LogP) is 3.26. The minimum atomic E-state index is -0.334. The zero-order valence-electron chi connectivity index (χ0n) is 16.8. The molecule has 0 spiro atoms. The molecule has 3 heterocycles. The van der Waals surface area contributed by atoms with Gasteiger partial charge in [0.25, 0.3) is 0 Å². The normalized spacial score (nSPS) is 17.5. The van der Waals surface area contributed by atoms with E-state index in [2.05, 4.69) is 10.3 Å². The van der Waals surface area contributed by atoms with Crippen LogP contribution >= 0.6 is 11.6 Å².